The fourth-order valence-electron chi connectivity index (χ4n) is 2.45. The molecule has 0 bridgehead atoms. The van der Waals surface area contributed by atoms with Gasteiger partial charge in [-0.25, -0.2) is 0 Å². The summed E-state index contributed by atoms with van der Waals surface area (Å²) < 4.78 is 0. The molecule has 0 aromatic heterocycles. The number of aliphatic hydroxyl groups is 1. The zero-order chi connectivity index (χ0) is 9.10. The van der Waals surface area contributed by atoms with Crippen molar-refractivity contribution in [3.8, 4) is 0 Å². The molecule has 0 radical (unpaired) electrons. The lowest BCUT2D eigenvalue weighted by atomic mass is 9.96. The molecule has 15 heavy (non-hydrogen) atoms. The van der Waals surface area contributed by atoms with Crippen molar-refractivity contribution in [3.63, 3.8) is 0 Å². The summed E-state index contributed by atoms with van der Waals surface area (Å²) in [5.74, 6) is 0.575. The Labute approximate surface area is 104 Å². The molecule has 2 saturated heterocycles. The summed E-state index contributed by atoms with van der Waals surface area (Å²) in [6.45, 7) is 5.13. The van der Waals surface area contributed by atoms with Crippen LogP contribution in [0.5, 0.6) is 0 Å². The predicted octanol–water partition coefficient (Wildman–Crippen LogP) is 0.896. The van der Waals surface area contributed by atoms with Gasteiger partial charge in [-0.05, 0) is 44.8 Å². The number of piperidine rings is 1. The van der Waals surface area contributed by atoms with Gasteiger partial charge in [0.25, 0.3) is 0 Å². The highest BCUT2D eigenvalue weighted by molar-refractivity contribution is 5.85. The lowest BCUT2D eigenvalue weighted by molar-refractivity contribution is 0.106. The van der Waals surface area contributed by atoms with Crippen LogP contribution in [-0.2, 0) is 0 Å². The Morgan fingerprint density at radius 1 is 1.13 bits per heavy atom. The van der Waals surface area contributed by atoms with Crippen molar-refractivity contribution < 1.29 is 5.11 Å². The molecule has 2 heterocycles. The number of rotatable bonds is 2. The van der Waals surface area contributed by atoms with E-state index in [0.29, 0.717) is 12.5 Å². The van der Waals surface area contributed by atoms with Crippen LogP contribution in [0.2, 0.25) is 0 Å². The van der Waals surface area contributed by atoms with Crippen LogP contribution in [0.4, 0.5) is 0 Å². The van der Waals surface area contributed by atoms with Gasteiger partial charge in [-0.2, -0.15) is 0 Å². The van der Waals surface area contributed by atoms with Gasteiger partial charge < -0.3 is 10.4 Å². The first-order valence-corrected chi connectivity index (χ1v) is 5.46. The molecule has 2 N–H and O–H groups in total. The quantitative estimate of drug-likeness (QED) is 0.771. The van der Waals surface area contributed by atoms with E-state index in [4.69, 9.17) is 5.11 Å². The van der Waals surface area contributed by atoms with E-state index in [-0.39, 0.29) is 24.8 Å². The average Bonchev–Trinajstić information content (AvgIpc) is 2.71. The fourth-order valence-corrected chi connectivity index (χ4v) is 2.45. The fraction of sp³-hybridized carbons (Fsp3) is 1.00. The first kappa shape index (κ1) is 15.5. The summed E-state index contributed by atoms with van der Waals surface area (Å²) in [4.78, 5) is 2.59. The molecule has 3 nitrogen and oxygen atoms in total. The molecule has 1 atom stereocenters. The molecule has 0 spiro atoms. The van der Waals surface area contributed by atoms with Gasteiger partial charge in [0.1, 0.15) is 0 Å². The van der Waals surface area contributed by atoms with Gasteiger partial charge in [-0.3, -0.25) is 4.90 Å². The maximum absolute atomic E-state index is 9.01. The van der Waals surface area contributed by atoms with Crippen molar-refractivity contribution in [2.75, 3.05) is 32.8 Å². The molecule has 0 aromatic carbocycles. The highest BCUT2D eigenvalue weighted by Gasteiger charge is 2.26. The molecule has 2 aliphatic heterocycles. The topological polar surface area (TPSA) is 35.5 Å². The molecule has 92 valence electrons. The molecule has 1 unspecified atom stereocenters. The second-order valence-electron chi connectivity index (χ2n) is 4.31. The highest BCUT2D eigenvalue weighted by Crippen LogP contribution is 2.20. The standard InChI is InChI=1S/C10H20N2O.2ClH/c13-8-9-2-5-12(6-3-9)10-1-4-11-7-10;;/h9-11,13H,1-8H2;2*1H. The lowest BCUT2D eigenvalue weighted by Gasteiger charge is -2.35. The molecular weight excluding hydrogens is 235 g/mol. The molecule has 0 aromatic rings. The molecule has 2 aliphatic rings. The van der Waals surface area contributed by atoms with Gasteiger partial charge >= 0.3 is 0 Å². The molecule has 0 amide bonds. The number of hydrogen-bond acceptors (Lipinski definition) is 3. The highest BCUT2D eigenvalue weighted by atomic mass is 35.5. The van der Waals surface area contributed by atoms with E-state index in [1.54, 1.807) is 0 Å². The van der Waals surface area contributed by atoms with Crippen LogP contribution >= 0.6 is 24.8 Å². The predicted molar refractivity (Wildman–Crippen MR) is 67.2 cm³/mol. The average molecular weight is 257 g/mol. The Balaban J connectivity index is 0.000000980. The van der Waals surface area contributed by atoms with Crippen LogP contribution in [0.15, 0.2) is 0 Å². The summed E-state index contributed by atoms with van der Waals surface area (Å²) in [5.41, 5.74) is 0. The first-order chi connectivity index (χ1) is 6.40. The lowest BCUT2D eigenvalue weighted by Crippen LogP contribution is -2.42. The SMILES string of the molecule is Cl.Cl.OCC1CCN(C2CCNC2)CC1. The minimum atomic E-state index is 0. The second kappa shape index (κ2) is 7.69. The molecule has 5 heteroatoms. The smallest absolute Gasteiger partial charge is 0.0460 e. The maximum atomic E-state index is 9.01. The number of halogens is 2. The van der Waals surface area contributed by atoms with Crippen LogP contribution < -0.4 is 5.32 Å². The van der Waals surface area contributed by atoms with Crippen LogP contribution in [-0.4, -0.2) is 48.8 Å². The Bertz CT molecular complexity index is 158. The summed E-state index contributed by atoms with van der Waals surface area (Å²) in [7, 11) is 0. The largest absolute Gasteiger partial charge is 0.396 e. The van der Waals surface area contributed by atoms with E-state index in [1.807, 2.05) is 0 Å². The van der Waals surface area contributed by atoms with Crippen molar-refractivity contribution in [1.29, 1.82) is 0 Å². The van der Waals surface area contributed by atoms with Crippen LogP contribution in [0.25, 0.3) is 0 Å². The van der Waals surface area contributed by atoms with Crippen LogP contribution in [0.3, 0.4) is 0 Å². The Kier molecular flexibility index (Phi) is 7.92. The van der Waals surface area contributed by atoms with Crippen molar-refractivity contribution in [1.82, 2.24) is 10.2 Å². The number of aliphatic hydroxyl groups excluding tert-OH is 1. The van der Waals surface area contributed by atoms with E-state index >= 15 is 0 Å². The summed E-state index contributed by atoms with van der Waals surface area (Å²) >= 11 is 0. The minimum absolute atomic E-state index is 0. The Morgan fingerprint density at radius 2 is 1.80 bits per heavy atom. The van der Waals surface area contributed by atoms with Gasteiger partial charge in [0, 0.05) is 19.2 Å². The third kappa shape index (κ3) is 4.08. The van der Waals surface area contributed by atoms with Crippen molar-refractivity contribution in [2.24, 2.45) is 5.92 Å². The molecule has 0 aliphatic carbocycles. The van der Waals surface area contributed by atoms with E-state index in [2.05, 4.69) is 10.2 Å². The number of hydrogen-bond donors (Lipinski definition) is 2. The van der Waals surface area contributed by atoms with Gasteiger partial charge in [0.15, 0.2) is 0 Å². The summed E-state index contributed by atoms with van der Waals surface area (Å²) in [5, 5.41) is 12.4. The first-order valence-electron chi connectivity index (χ1n) is 5.46. The molecule has 2 rings (SSSR count). The zero-order valence-electron chi connectivity index (χ0n) is 9.02. The Hall–Kier alpha value is 0.460. The normalized spacial score (nSPS) is 28.2. The monoisotopic (exact) mass is 256 g/mol. The van der Waals surface area contributed by atoms with Gasteiger partial charge in [-0.1, -0.05) is 0 Å². The number of likely N-dealkylation sites (tertiary alicyclic amines) is 1. The number of nitrogens with one attached hydrogen (secondary N) is 1. The van der Waals surface area contributed by atoms with E-state index in [0.717, 1.165) is 6.04 Å². The van der Waals surface area contributed by atoms with Gasteiger partial charge in [-0.15, -0.1) is 24.8 Å². The minimum Gasteiger partial charge on any atom is -0.396 e. The van der Waals surface area contributed by atoms with E-state index < -0.39 is 0 Å². The summed E-state index contributed by atoms with van der Waals surface area (Å²) in [6, 6.07) is 0.777. The molecular formula is C10H22Cl2N2O. The molecule has 2 fully saturated rings. The van der Waals surface area contributed by atoms with E-state index in [1.165, 1.54) is 45.4 Å². The van der Waals surface area contributed by atoms with E-state index in [9.17, 15) is 0 Å². The van der Waals surface area contributed by atoms with Crippen LogP contribution in [0.1, 0.15) is 19.3 Å². The summed E-state index contributed by atoms with van der Waals surface area (Å²) in [6.07, 6.45) is 3.68. The van der Waals surface area contributed by atoms with Gasteiger partial charge in [0.2, 0.25) is 0 Å². The second-order valence-corrected chi connectivity index (χ2v) is 4.31. The van der Waals surface area contributed by atoms with Crippen molar-refractivity contribution in [3.05, 3.63) is 0 Å². The number of nitrogens with zero attached hydrogens (tertiary/aromatic N) is 1. The maximum Gasteiger partial charge on any atom is 0.0460 e. The third-order valence-corrected chi connectivity index (χ3v) is 3.46. The Morgan fingerprint density at radius 3 is 2.27 bits per heavy atom. The van der Waals surface area contributed by atoms with Gasteiger partial charge in [0.05, 0.1) is 0 Å². The van der Waals surface area contributed by atoms with Crippen molar-refractivity contribution >= 4 is 24.8 Å². The molecule has 0 saturated carbocycles. The van der Waals surface area contributed by atoms with Crippen LogP contribution in [0, 0.1) is 5.92 Å². The zero-order valence-corrected chi connectivity index (χ0v) is 10.7. The van der Waals surface area contributed by atoms with Crippen molar-refractivity contribution in [2.45, 2.75) is 25.3 Å². The third-order valence-electron chi connectivity index (χ3n) is 3.46.